The number of hydrogen-bond acceptors (Lipinski definition) is 5. The Balaban J connectivity index is 1.49. The van der Waals surface area contributed by atoms with Gasteiger partial charge in [0, 0.05) is 11.9 Å². The molecule has 0 spiro atoms. The van der Waals surface area contributed by atoms with Crippen molar-refractivity contribution in [1.29, 1.82) is 0 Å². The van der Waals surface area contributed by atoms with Gasteiger partial charge in [0.15, 0.2) is 0 Å². The summed E-state index contributed by atoms with van der Waals surface area (Å²) in [6.07, 6.45) is 5.69. The molecule has 1 saturated heterocycles. The minimum Gasteiger partial charge on any atom is -0.472 e. The molecule has 0 bridgehead atoms. The zero-order chi connectivity index (χ0) is 18.8. The van der Waals surface area contributed by atoms with Gasteiger partial charge in [0.1, 0.15) is 17.5 Å². The van der Waals surface area contributed by atoms with E-state index in [1.54, 1.807) is 12.4 Å². The first-order valence-electron chi connectivity index (χ1n) is 9.60. The number of hydrogen-bond donors (Lipinski definition) is 2. The summed E-state index contributed by atoms with van der Waals surface area (Å²) in [5, 5.41) is 12.0. The van der Waals surface area contributed by atoms with Crippen LogP contribution in [0.5, 0.6) is 5.88 Å². The average Bonchev–Trinajstić information content (AvgIpc) is 3.19. The Morgan fingerprint density at radius 1 is 1.00 bits per heavy atom. The van der Waals surface area contributed by atoms with Crippen molar-refractivity contribution in [2.24, 2.45) is 0 Å². The molecule has 6 nitrogen and oxygen atoms in total. The first-order valence-corrected chi connectivity index (χ1v) is 9.60. The topological polar surface area (TPSA) is 75.7 Å². The lowest BCUT2D eigenvalue weighted by Crippen LogP contribution is -2.37. The second-order valence-electron chi connectivity index (χ2n) is 7.03. The number of nitrogens with one attached hydrogen (secondary N) is 2. The van der Waals surface area contributed by atoms with Gasteiger partial charge < -0.3 is 10.1 Å². The van der Waals surface area contributed by atoms with E-state index in [1.807, 2.05) is 18.2 Å². The van der Waals surface area contributed by atoms with Crippen LogP contribution in [0.15, 0.2) is 60.9 Å². The fourth-order valence-corrected chi connectivity index (χ4v) is 3.63. The number of aromatic nitrogens is 4. The first kappa shape index (κ1) is 16.9. The number of rotatable bonds is 4. The van der Waals surface area contributed by atoms with Gasteiger partial charge in [-0.25, -0.2) is 4.98 Å². The van der Waals surface area contributed by atoms with Crippen LogP contribution in [0.4, 0.5) is 0 Å². The van der Waals surface area contributed by atoms with Gasteiger partial charge in [0.2, 0.25) is 5.88 Å². The van der Waals surface area contributed by atoms with E-state index in [4.69, 9.17) is 4.74 Å². The molecule has 0 aliphatic carbocycles. The molecule has 2 aromatic carbocycles. The summed E-state index contributed by atoms with van der Waals surface area (Å²) in [4.78, 5) is 9.00. The second kappa shape index (κ2) is 7.40. The molecule has 6 heteroatoms. The van der Waals surface area contributed by atoms with E-state index in [1.165, 1.54) is 5.56 Å². The lowest BCUT2D eigenvalue weighted by atomic mass is 10.0. The molecule has 5 rings (SSSR count). The van der Waals surface area contributed by atoms with Crippen LogP contribution in [0.3, 0.4) is 0 Å². The maximum atomic E-state index is 6.03. The minimum absolute atomic E-state index is 0.138. The van der Waals surface area contributed by atoms with Gasteiger partial charge >= 0.3 is 0 Å². The molecular formula is C22H21N5O. The number of nitrogens with zero attached hydrogens (tertiary/aromatic N) is 3. The number of piperidine rings is 1. The lowest BCUT2D eigenvalue weighted by Gasteiger charge is -2.23. The highest BCUT2D eigenvalue weighted by molar-refractivity contribution is 5.94. The molecule has 1 aliphatic rings. The van der Waals surface area contributed by atoms with Crippen LogP contribution in [-0.4, -0.2) is 39.4 Å². The quantitative estimate of drug-likeness (QED) is 0.570. The van der Waals surface area contributed by atoms with E-state index in [2.05, 4.69) is 55.8 Å². The highest BCUT2D eigenvalue weighted by Gasteiger charge is 2.17. The Morgan fingerprint density at radius 3 is 2.79 bits per heavy atom. The van der Waals surface area contributed by atoms with Crippen LogP contribution in [-0.2, 0) is 0 Å². The number of H-pyrrole nitrogens is 1. The molecule has 1 fully saturated rings. The predicted molar refractivity (Wildman–Crippen MR) is 109 cm³/mol. The summed E-state index contributed by atoms with van der Waals surface area (Å²) >= 11 is 0. The van der Waals surface area contributed by atoms with Crippen molar-refractivity contribution in [2.45, 2.75) is 18.9 Å². The summed E-state index contributed by atoms with van der Waals surface area (Å²) in [7, 11) is 0. The molecule has 140 valence electrons. The normalized spacial score (nSPS) is 16.9. The van der Waals surface area contributed by atoms with E-state index >= 15 is 0 Å². The Morgan fingerprint density at radius 2 is 1.93 bits per heavy atom. The Bertz CT molecular complexity index is 1090. The molecule has 4 aromatic rings. The molecule has 1 unspecified atom stereocenters. The van der Waals surface area contributed by atoms with Crippen LogP contribution in [0.25, 0.3) is 33.4 Å². The van der Waals surface area contributed by atoms with Gasteiger partial charge in [0.05, 0.1) is 17.9 Å². The molecule has 0 amide bonds. The minimum atomic E-state index is 0.138. The summed E-state index contributed by atoms with van der Waals surface area (Å²) in [5.41, 5.74) is 4.78. The summed E-state index contributed by atoms with van der Waals surface area (Å²) in [6.45, 7) is 1.90. The van der Waals surface area contributed by atoms with E-state index in [0.717, 1.165) is 48.1 Å². The van der Waals surface area contributed by atoms with Gasteiger partial charge in [-0.2, -0.15) is 5.10 Å². The number of aromatic amines is 1. The summed E-state index contributed by atoms with van der Waals surface area (Å²) in [5.74, 6) is 0.543. The third-order valence-corrected chi connectivity index (χ3v) is 5.06. The fraction of sp³-hybridized carbons (Fsp3) is 0.227. The second-order valence-corrected chi connectivity index (χ2v) is 7.03. The Hall–Kier alpha value is -3.25. The van der Waals surface area contributed by atoms with Gasteiger partial charge in [-0.3, -0.25) is 10.1 Å². The predicted octanol–water partition coefficient (Wildman–Crippen LogP) is 3.82. The van der Waals surface area contributed by atoms with Crippen LogP contribution in [0.1, 0.15) is 12.8 Å². The smallest absolute Gasteiger partial charge is 0.233 e. The van der Waals surface area contributed by atoms with E-state index in [9.17, 15) is 0 Å². The third-order valence-electron chi connectivity index (χ3n) is 5.06. The van der Waals surface area contributed by atoms with Crippen molar-refractivity contribution in [3.8, 4) is 28.4 Å². The zero-order valence-electron chi connectivity index (χ0n) is 15.4. The Labute approximate surface area is 163 Å². The van der Waals surface area contributed by atoms with Crippen molar-refractivity contribution >= 4 is 10.9 Å². The number of fused-ring (bicyclic) bond motifs is 1. The number of ether oxygens (including phenoxy) is 1. The lowest BCUT2D eigenvalue weighted by molar-refractivity contribution is 0.160. The summed E-state index contributed by atoms with van der Waals surface area (Å²) < 4.78 is 6.03. The SMILES string of the molecule is c1ccc(-c2ccc3[nH]nc(-c4cncc(OC5CCCNC5)n4)c3c2)cc1. The molecule has 3 heterocycles. The monoisotopic (exact) mass is 371 g/mol. The fourth-order valence-electron chi connectivity index (χ4n) is 3.63. The molecule has 0 radical (unpaired) electrons. The largest absolute Gasteiger partial charge is 0.472 e. The van der Waals surface area contributed by atoms with Gasteiger partial charge in [0.25, 0.3) is 0 Å². The van der Waals surface area contributed by atoms with Crippen molar-refractivity contribution in [1.82, 2.24) is 25.5 Å². The van der Waals surface area contributed by atoms with Crippen LogP contribution in [0.2, 0.25) is 0 Å². The van der Waals surface area contributed by atoms with Gasteiger partial charge in [-0.05, 0) is 42.6 Å². The maximum Gasteiger partial charge on any atom is 0.233 e. The van der Waals surface area contributed by atoms with Crippen LogP contribution in [0, 0.1) is 0 Å². The molecule has 1 atom stereocenters. The molecule has 0 saturated carbocycles. The molecule has 1 aliphatic heterocycles. The van der Waals surface area contributed by atoms with Gasteiger partial charge in [-0.15, -0.1) is 0 Å². The number of benzene rings is 2. The van der Waals surface area contributed by atoms with E-state index in [0.29, 0.717) is 11.6 Å². The molecule has 28 heavy (non-hydrogen) atoms. The average molecular weight is 371 g/mol. The van der Waals surface area contributed by atoms with Crippen LogP contribution >= 0.6 is 0 Å². The standard InChI is InChI=1S/C22H21N5O/c1-2-5-15(6-3-1)16-8-9-19-18(11-16)22(27-26-19)20-13-24-14-21(25-20)28-17-7-4-10-23-12-17/h1-3,5-6,8-9,11,13-14,17,23H,4,7,10,12H2,(H,26,27). The molecular weight excluding hydrogens is 350 g/mol. The van der Waals surface area contributed by atoms with E-state index < -0.39 is 0 Å². The third kappa shape index (κ3) is 3.34. The summed E-state index contributed by atoms with van der Waals surface area (Å²) in [6, 6.07) is 16.6. The maximum absolute atomic E-state index is 6.03. The molecule has 2 N–H and O–H groups in total. The highest BCUT2D eigenvalue weighted by Crippen LogP contribution is 2.30. The highest BCUT2D eigenvalue weighted by atomic mass is 16.5. The van der Waals surface area contributed by atoms with Crippen molar-refractivity contribution in [3.05, 3.63) is 60.9 Å². The zero-order valence-corrected chi connectivity index (χ0v) is 15.4. The first-order chi connectivity index (χ1) is 13.9. The van der Waals surface area contributed by atoms with Crippen LogP contribution < -0.4 is 10.1 Å². The van der Waals surface area contributed by atoms with E-state index in [-0.39, 0.29) is 6.10 Å². The van der Waals surface area contributed by atoms with Crippen molar-refractivity contribution in [2.75, 3.05) is 13.1 Å². The van der Waals surface area contributed by atoms with Crippen molar-refractivity contribution in [3.63, 3.8) is 0 Å². The van der Waals surface area contributed by atoms with Gasteiger partial charge in [-0.1, -0.05) is 36.4 Å². The van der Waals surface area contributed by atoms with Crippen molar-refractivity contribution < 1.29 is 4.74 Å². The molecule has 2 aromatic heterocycles. The Kier molecular flexibility index (Phi) is 4.47.